The summed E-state index contributed by atoms with van der Waals surface area (Å²) in [6.07, 6.45) is 1.22. The van der Waals surface area contributed by atoms with E-state index in [9.17, 15) is 14.7 Å². The lowest BCUT2D eigenvalue weighted by atomic mass is 10.0. The molecular weight excluding hydrogens is 603 g/mol. The second-order valence-corrected chi connectivity index (χ2v) is 13.0. The highest BCUT2D eigenvalue weighted by Crippen LogP contribution is 2.47. The van der Waals surface area contributed by atoms with E-state index >= 15 is 4.39 Å². The van der Waals surface area contributed by atoms with E-state index in [1.54, 1.807) is 37.9 Å². The third-order valence-electron chi connectivity index (χ3n) is 7.88. The number of hydrogen-bond donors (Lipinski definition) is 1. The number of aryl methyl sites for hydroxylation is 1. The van der Waals surface area contributed by atoms with Crippen LogP contribution in [-0.2, 0) is 4.74 Å². The van der Waals surface area contributed by atoms with Gasteiger partial charge in [0.25, 0.3) is 0 Å². The van der Waals surface area contributed by atoms with E-state index in [0.717, 1.165) is 5.56 Å². The first-order valence-corrected chi connectivity index (χ1v) is 15.1. The molecule has 5 heterocycles. The van der Waals surface area contributed by atoms with Gasteiger partial charge in [-0.2, -0.15) is 4.98 Å². The van der Waals surface area contributed by atoms with Crippen molar-refractivity contribution in [2.24, 2.45) is 0 Å². The molecular formula is C32H34ClFN6O5. The molecule has 0 saturated carbocycles. The zero-order chi connectivity index (χ0) is 32.4. The van der Waals surface area contributed by atoms with Gasteiger partial charge in [0, 0.05) is 25.8 Å². The maximum atomic E-state index is 15.3. The van der Waals surface area contributed by atoms with Crippen molar-refractivity contribution in [1.82, 2.24) is 24.4 Å². The number of fused-ring (bicyclic) bond motifs is 2. The summed E-state index contributed by atoms with van der Waals surface area (Å²) in [4.78, 5) is 44.5. The number of ether oxygens (including phenoxy) is 2. The average Bonchev–Trinajstić information content (AvgIpc) is 3.12. The van der Waals surface area contributed by atoms with Crippen molar-refractivity contribution in [3.8, 4) is 28.4 Å². The summed E-state index contributed by atoms with van der Waals surface area (Å²) in [6.45, 7) is 12.1. The number of benzene rings is 1. The van der Waals surface area contributed by atoms with Gasteiger partial charge >= 0.3 is 11.8 Å². The molecule has 0 radical (unpaired) electrons. The molecule has 4 aromatic rings. The number of rotatable bonds is 3. The molecule has 13 heteroatoms. The molecule has 0 aliphatic carbocycles. The molecule has 45 heavy (non-hydrogen) atoms. The van der Waals surface area contributed by atoms with E-state index in [-0.39, 0.29) is 52.5 Å². The highest BCUT2D eigenvalue weighted by molar-refractivity contribution is 6.36. The summed E-state index contributed by atoms with van der Waals surface area (Å²) in [5.41, 5.74) is 0.383. The van der Waals surface area contributed by atoms with Crippen LogP contribution in [0.4, 0.5) is 15.0 Å². The van der Waals surface area contributed by atoms with E-state index in [4.69, 9.17) is 26.1 Å². The number of pyridine rings is 2. The Morgan fingerprint density at radius 2 is 1.96 bits per heavy atom. The van der Waals surface area contributed by atoms with Crippen molar-refractivity contribution in [2.45, 2.75) is 59.1 Å². The zero-order valence-electron chi connectivity index (χ0n) is 25.9. The van der Waals surface area contributed by atoms with Gasteiger partial charge in [-0.1, -0.05) is 31.5 Å². The molecule has 0 bridgehead atoms. The van der Waals surface area contributed by atoms with Gasteiger partial charge in [0.15, 0.2) is 11.4 Å². The SMILES string of the molecule is Cc1ccnc(C(C)C)c1-n1c(=O)nc2c3c(c(Cl)c(-c4c(O)cccc4F)nc31)OC[C@@H]1CN(C(=O)OC(C)(C)C)CCN21. The highest BCUT2D eigenvalue weighted by Gasteiger charge is 2.39. The van der Waals surface area contributed by atoms with Crippen LogP contribution >= 0.6 is 11.6 Å². The molecule has 11 nitrogen and oxygen atoms in total. The number of aromatic hydroxyl groups is 1. The number of carbonyl (C=O) groups is 1. The number of halogens is 2. The average molecular weight is 637 g/mol. The largest absolute Gasteiger partial charge is 0.507 e. The number of piperazine rings is 1. The molecule has 3 aromatic heterocycles. The lowest BCUT2D eigenvalue weighted by Crippen LogP contribution is -2.57. The molecule has 236 valence electrons. The van der Waals surface area contributed by atoms with Crippen LogP contribution in [-0.4, -0.2) is 73.5 Å². The van der Waals surface area contributed by atoms with Crippen LogP contribution in [0.15, 0.2) is 35.3 Å². The number of phenolic OH excluding ortho intramolecular Hbond substituents is 1. The second-order valence-electron chi connectivity index (χ2n) is 12.6. The summed E-state index contributed by atoms with van der Waals surface area (Å²) in [5.74, 6) is -0.766. The van der Waals surface area contributed by atoms with Crippen molar-refractivity contribution in [2.75, 3.05) is 31.1 Å². The summed E-state index contributed by atoms with van der Waals surface area (Å²) in [5, 5.41) is 11.0. The molecule has 0 unspecified atom stereocenters. The van der Waals surface area contributed by atoms with E-state index in [1.807, 2.05) is 25.7 Å². The number of anilines is 1. The van der Waals surface area contributed by atoms with Gasteiger partial charge in [-0.15, -0.1) is 0 Å². The maximum Gasteiger partial charge on any atom is 0.410 e. The lowest BCUT2D eigenvalue weighted by molar-refractivity contribution is 0.0202. The Bertz CT molecular complexity index is 1890. The van der Waals surface area contributed by atoms with Crippen molar-refractivity contribution in [1.29, 1.82) is 0 Å². The first kappa shape index (κ1) is 30.6. The molecule has 1 saturated heterocycles. The first-order valence-electron chi connectivity index (χ1n) is 14.7. The number of hydrogen-bond acceptors (Lipinski definition) is 9. The number of amides is 1. The molecule has 1 N–H and O–H groups in total. The second kappa shape index (κ2) is 11.2. The minimum absolute atomic E-state index is 0.0491. The number of carbonyl (C=O) groups excluding carboxylic acids is 1. The van der Waals surface area contributed by atoms with E-state index < -0.39 is 29.2 Å². The van der Waals surface area contributed by atoms with Crippen LogP contribution < -0.4 is 15.3 Å². The number of phenols is 1. The Labute approximate surface area is 264 Å². The van der Waals surface area contributed by atoms with Gasteiger partial charge in [0.1, 0.15) is 45.7 Å². The minimum Gasteiger partial charge on any atom is -0.507 e. The summed E-state index contributed by atoms with van der Waals surface area (Å²) in [6, 6.07) is 5.26. The van der Waals surface area contributed by atoms with Crippen molar-refractivity contribution in [3.05, 3.63) is 63.0 Å². The Balaban J connectivity index is 1.63. The monoisotopic (exact) mass is 636 g/mol. The van der Waals surface area contributed by atoms with Crippen LogP contribution in [0.5, 0.6) is 11.5 Å². The topological polar surface area (TPSA) is 123 Å². The minimum atomic E-state index is -0.751. The van der Waals surface area contributed by atoms with Crippen molar-refractivity contribution in [3.63, 3.8) is 0 Å². The van der Waals surface area contributed by atoms with Gasteiger partial charge in [0.2, 0.25) is 0 Å². The Hall–Kier alpha value is -4.45. The fraction of sp³-hybridized carbons (Fsp3) is 0.406. The van der Waals surface area contributed by atoms with Gasteiger partial charge in [0.05, 0.1) is 23.0 Å². The standard InChI is InChI=1S/C32H34ClFN6O5/c1-16(2)24-26(17(3)10-11-35-24)40-29-22-27(23(33)25(36-29)21-19(34)8-7-9-20(21)41)44-15-18-14-38(31(43)45-32(4,5)6)12-13-39(18)28(22)37-30(40)42/h7-11,16,18,41H,12-15H2,1-6H3/t18-/m0/s1. The number of nitrogens with zero attached hydrogens (tertiary/aromatic N) is 6. The molecule has 6 rings (SSSR count). The molecule has 2 aliphatic heterocycles. The molecule has 1 atom stereocenters. The van der Waals surface area contributed by atoms with Crippen LogP contribution in [0, 0.1) is 12.7 Å². The predicted molar refractivity (Wildman–Crippen MR) is 168 cm³/mol. The van der Waals surface area contributed by atoms with E-state index in [0.29, 0.717) is 35.7 Å². The van der Waals surface area contributed by atoms with Crippen LogP contribution in [0.3, 0.4) is 0 Å². The molecule has 1 fully saturated rings. The highest BCUT2D eigenvalue weighted by atomic mass is 35.5. The molecule has 1 aromatic carbocycles. The quantitative estimate of drug-likeness (QED) is 0.306. The normalized spacial score (nSPS) is 16.4. The Kier molecular flexibility index (Phi) is 7.59. The van der Waals surface area contributed by atoms with E-state index in [2.05, 4.69) is 9.97 Å². The third kappa shape index (κ3) is 5.30. The maximum absolute atomic E-state index is 15.3. The zero-order valence-corrected chi connectivity index (χ0v) is 26.6. The van der Waals surface area contributed by atoms with Crippen LogP contribution in [0.1, 0.15) is 51.8 Å². The predicted octanol–water partition coefficient (Wildman–Crippen LogP) is 5.59. The fourth-order valence-electron chi connectivity index (χ4n) is 5.87. The lowest BCUT2D eigenvalue weighted by Gasteiger charge is -2.41. The molecule has 2 aliphatic rings. The molecule has 1 amide bonds. The Morgan fingerprint density at radius 3 is 2.64 bits per heavy atom. The Morgan fingerprint density at radius 1 is 1.20 bits per heavy atom. The summed E-state index contributed by atoms with van der Waals surface area (Å²) >= 11 is 6.95. The van der Waals surface area contributed by atoms with Crippen LogP contribution in [0.25, 0.3) is 28.0 Å². The fourth-order valence-corrected chi connectivity index (χ4v) is 6.16. The van der Waals surface area contributed by atoms with Crippen molar-refractivity contribution >= 4 is 34.5 Å². The summed E-state index contributed by atoms with van der Waals surface area (Å²) < 4.78 is 28.6. The van der Waals surface area contributed by atoms with Gasteiger partial charge < -0.3 is 24.4 Å². The number of aromatic nitrogens is 4. The third-order valence-corrected chi connectivity index (χ3v) is 8.23. The molecule has 0 spiro atoms. The van der Waals surface area contributed by atoms with Gasteiger partial charge in [-0.25, -0.2) is 23.5 Å². The first-order chi connectivity index (χ1) is 21.3. The van der Waals surface area contributed by atoms with Gasteiger partial charge in [-0.3, -0.25) is 4.98 Å². The summed E-state index contributed by atoms with van der Waals surface area (Å²) in [7, 11) is 0. The van der Waals surface area contributed by atoms with Crippen molar-refractivity contribution < 1.29 is 23.8 Å². The van der Waals surface area contributed by atoms with Gasteiger partial charge in [-0.05, 0) is 57.4 Å². The van der Waals surface area contributed by atoms with Crippen LogP contribution in [0.2, 0.25) is 5.02 Å². The smallest absolute Gasteiger partial charge is 0.410 e. The van der Waals surface area contributed by atoms with E-state index in [1.165, 1.54) is 22.8 Å².